The van der Waals surface area contributed by atoms with E-state index in [1.54, 1.807) is 6.07 Å². The van der Waals surface area contributed by atoms with E-state index < -0.39 is 11.0 Å². The number of benzene rings is 1. The summed E-state index contributed by atoms with van der Waals surface area (Å²) in [4.78, 5) is 0. The first-order valence-corrected chi connectivity index (χ1v) is 5.50. The van der Waals surface area contributed by atoms with E-state index in [0.29, 0.717) is 10.2 Å². The minimum Gasteiger partial charge on any atom is -0.304 e. The zero-order valence-corrected chi connectivity index (χ0v) is 8.71. The molecule has 66 valence electrons. The van der Waals surface area contributed by atoms with Crippen LogP contribution in [0.5, 0.6) is 0 Å². The lowest BCUT2D eigenvalue weighted by Crippen LogP contribution is -2.01. The minimum atomic E-state index is -1.18. The predicted octanol–water partition coefficient (Wildman–Crippen LogP) is 2.29. The molecule has 0 aliphatic carbocycles. The molecular weight excluding hydrogens is 245 g/mol. The fourth-order valence-corrected chi connectivity index (χ4v) is 1.69. The second-order valence-electron chi connectivity index (χ2n) is 2.18. The lowest BCUT2D eigenvalue weighted by Gasteiger charge is -2.04. The summed E-state index contributed by atoms with van der Waals surface area (Å²) in [5.41, 5.74) is 0.496. The molecule has 1 atom stereocenters. The maximum absolute atomic E-state index is 12.6. The van der Waals surface area contributed by atoms with Crippen molar-refractivity contribution >= 4 is 32.6 Å². The van der Waals surface area contributed by atoms with Gasteiger partial charge in [0.2, 0.25) is 0 Å². The van der Waals surface area contributed by atoms with E-state index in [0.717, 1.165) is 0 Å². The van der Waals surface area contributed by atoms with Crippen molar-refractivity contribution in [1.82, 2.24) is 0 Å². The van der Waals surface area contributed by atoms with E-state index in [1.807, 2.05) is 0 Å². The van der Waals surface area contributed by atoms with Gasteiger partial charge in [0, 0.05) is 10.7 Å². The highest BCUT2D eigenvalue weighted by Crippen LogP contribution is 2.22. The fraction of sp³-hybridized carbons (Fsp3) is 0.143. The highest BCUT2D eigenvalue weighted by atomic mass is 79.9. The van der Waals surface area contributed by atoms with Gasteiger partial charge in [-0.15, -0.1) is 0 Å². The molecule has 0 saturated heterocycles. The van der Waals surface area contributed by atoms with Crippen LogP contribution in [0.25, 0.3) is 0 Å². The quantitative estimate of drug-likeness (QED) is 0.859. The van der Waals surface area contributed by atoms with E-state index in [2.05, 4.69) is 20.7 Å². The van der Waals surface area contributed by atoms with Crippen LogP contribution in [-0.2, 0) is 11.0 Å². The molecule has 0 amide bonds. The molecule has 1 aromatic rings. The van der Waals surface area contributed by atoms with E-state index in [1.165, 1.54) is 18.4 Å². The number of hydrogen-bond donors (Lipinski definition) is 1. The standard InChI is InChI=1S/C7H7BrFNOS/c1-12(11)10-7-4-5(9)2-3-6(7)8/h2-4,10H,1H3. The number of nitrogens with one attached hydrogen (secondary N) is 1. The number of hydrogen-bond acceptors (Lipinski definition) is 1. The van der Waals surface area contributed by atoms with Crippen LogP contribution in [0.3, 0.4) is 0 Å². The van der Waals surface area contributed by atoms with Crippen molar-refractivity contribution in [2.24, 2.45) is 0 Å². The van der Waals surface area contributed by atoms with Crippen LogP contribution in [0.2, 0.25) is 0 Å². The van der Waals surface area contributed by atoms with Gasteiger partial charge in [-0.3, -0.25) is 0 Å². The molecule has 1 rings (SSSR count). The van der Waals surface area contributed by atoms with E-state index in [9.17, 15) is 8.60 Å². The molecule has 12 heavy (non-hydrogen) atoms. The Morgan fingerprint density at radius 1 is 1.58 bits per heavy atom. The third kappa shape index (κ3) is 2.57. The Bertz CT molecular complexity index is 318. The summed E-state index contributed by atoms with van der Waals surface area (Å²) in [5.74, 6) is -0.355. The van der Waals surface area contributed by atoms with Crippen LogP contribution < -0.4 is 4.72 Å². The Labute approximate surface area is 80.9 Å². The Balaban J connectivity index is 2.97. The molecule has 1 N–H and O–H groups in total. The normalized spacial score (nSPS) is 12.6. The second kappa shape index (κ2) is 4.00. The summed E-state index contributed by atoms with van der Waals surface area (Å²) >= 11 is 3.20. The van der Waals surface area contributed by atoms with E-state index >= 15 is 0 Å². The largest absolute Gasteiger partial charge is 0.304 e. The summed E-state index contributed by atoms with van der Waals surface area (Å²) in [6, 6.07) is 4.17. The van der Waals surface area contributed by atoms with Crippen molar-refractivity contribution in [3.8, 4) is 0 Å². The Morgan fingerprint density at radius 3 is 2.83 bits per heavy atom. The molecule has 0 aliphatic rings. The van der Waals surface area contributed by atoms with Gasteiger partial charge in [-0.05, 0) is 34.1 Å². The highest BCUT2D eigenvalue weighted by Gasteiger charge is 2.01. The first-order valence-electron chi connectivity index (χ1n) is 3.15. The number of halogens is 2. The summed E-state index contributed by atoms with van der Waals surface area (Å²) in [6.07, 6.45) is 1.48. The Hall–Kier alpha value is -0.420. The molecule has 1 aromatic carbocycles. The maximum atomic E-state index is 12.6. The second-order valence-corrected chi connectivity index (χ2v) is 4.15. The van der Waals surface area contributed by atoms with Crippen LogP contribution in [-0.4, -0.2) is 10.5 Å². The summed E-state index contributed by atoms with van der Waals surface area (Å²) in [5, 5.41) is 0. The highest BCUT2D eigenvalue weighted by molar-refractivity contribution is 9.10. The SMILES string of the molecule is CS(=O)Nc1cc(F)ccc1Br. The van der Waals surface area contributed by atoms with Crippen LogP contribution in [0.15, 0.2) is 22.7 Å². The van der Waals surface area contributed by atoms with Gasteiger partial charge in [0.1, 0.15) is 16.8 Å². The Morgan fingerprint density at radius 2 is 2.25 bits per heavy atom. The molecule has 0 aliphatic heterocycles. The molecule has 0 spiro atoms. The van der Waals surface area contributed by atoms with Gasteiger partial charge in [0.15, 0.2) is 0 Å². The molecule has 2 nitrogen and oxygen atoms in total. The minimum absolute atomic E-state index is 0.355. The van der Waals surface area contributed by atoms with Gasteiger partial charge in [-0.2, -0.15) is 0 Å². The molecule has 5 heteroatoms. The lowest BCUT2D eigenvalue weighted by atomic mass is 10.3. The maximum Gasteiger partial charge on any atom is 0.125 e. The average Bonchev–Trinajstić information content (AvgIpc) is 1.96. The molecule has 0 saturated carbocycles. The molecule has 0 radical (unpaired) electrons. The van der Waals surface area contributed by atoms with Crippen molar-refractivity contribution in [2.75, 3.05) is 11.0 Å². The fourth-order valence-electron chi connectivity index (χ4n) is 0.731. The van der Waals surface area contributed by atoms with Crippen molar-refractivity contribution < 1.29 is 8.60 Å². The van der Waals surface area contributed by atoms with Gasteiger partial charge in [0.25, 0.3) is 0 Å². The lowest BCUT2D eigenvalue weighted by molar-refractivity contribution is 0.628. The first kappa shape index (κ1) is 9.67. The van der Waals surface area contributed by atoms with Crippen LogP contribution in [0.1, 0.15) is 0 Å². The molecule has 0 fully saturated rings. The zero-order chi connectivity index (χ0) is 9.14. The van der Waals surface area contributed by atoms with Crippen LogP contribution >= 0.6 is 15.9 Å². The van der Waals surface area contributed by atoms with Crippen molar-refractivity contribution in [3.63, 3.8) is 0 Å². The molecule has 0 aromatic heterocycles. The van der Waals surface area contributed by atoms with Gasteiger partial charge < -0.3 is 4.72 Å². The predicted molar refractivity (Wildman–Crippen MR) is 51.8 cm³/mol. The van der Waals surface area contributed by atoms with Gasteiger partial charge in [0.05, 0.1) is 5.69 Å². The summed E-state index contributed by atoms with van der Waals surface area (Å²) in [7, 11) is -1.18. The number of anilines is 1. The van der Waals surface area contributed by atoms with Gasteiger partial charge >= 0.3 is 0 Å². The van der Waals surface area contributed by atoms with Crippen molar-refractivity contribution in [1.29, 1.82) is 0 Å². The monoisotopic (exact) mass is 251 g/mol. The Kier molecular flexibility index (Phi) is 3.22. The van der Waals surface area contributed by atoms with Crippen LogP contribution in [0.4, 0.5) is 10.1 Å². The third-order valence-electron chi connectivity index (χ3n) is 1.18. The van der Waals surface area contributed by atoms with Gasteiger partial charge in [-0.25, -0.2) is 8.60 Å². The summed E-state index contributed by atoms with van der Waals surface area (Å²) in [6.45, 7) is 0. The molecule has 0 bridgehead atoms. The molecule has 0 heterocycles. The first-order chi connectivity index (χ1) is 5.59. The average molecular weight is 252 g/mol. The van der Waals surface area contributed by atoms with E-state index in [-0.39, 0.29) is 5.82 Å². The van der Waals surface area contributed by atoms with Gasteiger partial charge in [-0.1, -0.05) is 0 Å². The van der Waals surface area contributed by atoms with Crippen molar-refractivity contribution in [2.45, 2.75) is 0 Å². The topological polar surface area (TPSA) is 29.1 Å². The number of rotatable bonds is 2. The third-order valence-corrected chi connectivity index (χ3v) is 2.38. The summed E-state index contributed by atoms with van der Waals surface area (Å²) < 4.78 is 26.7. The van der Waals surface area contributed by atoms with E-state index in [4.69, 9.17) is 0 Å². The smallest absolute Gasteiger partial charge is 0.125 e. The van der Waals surface area contributed by atoms with Crippen LogP contribution in [0, 0.1) is 5.82 Å². The zero-order valence-electron chi connectivity index (χ0n) is 6.30. The molecular formula is C7H7BrFNOS. The van der Waals surface area contributed by atoms with Crippen molar-refractivity contribution in [3.05, 3.63) is 28.5 Å². The molecule has 1 unspecified atom stereocenters.